The first-order chi connectivity index (χ1) is 13.2. The summed E-state index contributed by atoms with van der Waals surface area (Å²) in [6, 6.07) is 19.6. The van der Waals surface area contributed by atoms with Gasteiger partial charge in [-0.2, -0.15) is 42.5 Å². The zero-order valence-corrected chi connectivity index (χ0v) is 18.8. The molecule has 0 N–H and O–H groups in total. The Morgan fingerprint density at radius 1 is 1.04 bits per heavy atom. The van der Waals surface area contributed by atoms with Crippen LogP contribution in [-0.4, -0.2) is 19.1 Å². The fourth-order valence-corrected chi connectivity index (χ4v) is 3.69. The van der Waals surface area contributed by atoms with Gasteiger partial charge in [-0.05, 0) is 17.8 Å². The van der Waals surface area contributed by atoms with Gasteiger partial charge in [0.05, 0.1) is 0 Å². The number of pyridine rings is 1. The number of fused-ring (bicyclic) bond motifs is 3. The Labute approximate surface area is 188 Å². The number of para-hydroxylation sites is 2. The predicted octanol–water partition coefficient (Wildman–Crippen LogP) is 3.38. The minimum absolute atomic E-state index is 0. The van der Waals surface area contributed by atoms with Crippen molar-refractivity contribution in [1.82, 2.24) is 19.1 Å². The fourth-order valence-electron chi connectivity index (χ4n) is 3.69. The van der Waals surface area contributed by atoms with Gasteiger partial charge < -0.3 is 4.98 Å². The van der Waals surface area contributed by atoms with E-state index in [1.165, 1.54) is 0 Å². The zero-order chi connectivity index (χ0) is 18.5. The molecule has 0 unspecified atom stereocenters. The van der Waals surface area contributed by atoms with E-state index in [-0.39, 0.29) is 32.7 Å². The summed E-state index contributed by atoms with van der Waals surface area (Å²) in [5.74, 6) is 1.98. The van der Waals surface area contributed by atoms with Crippen molar-refractivity contribution in [3.05, 3.63) is 78.4 Å². The van der Waals surface area contributed by atoms with Crippen molar-refractivity contribution in [3.63, 3.8) is 0 Å². The Bertz CT molecular complexity index is 1300. The molecule has 0 atom stereocenters. The van der Waals surface area contributed by atoms with Crippen LogP contribution in [0.5, 0.6) is 0 Å². The summed E-state index contributed by atoms with van der Waals surface area (Å²) in [7, 11) is 2.06. The number of benzene rings is 2. The van der Waals surface area contributed by atoms with Gasteiger partial charge in [0.25, 0.3) is 5.82 Å². The van der Waals surface area contributed by atoms with Crippen LogP contribution in [0.2, 0.25) is 0 Å². The third kappa shape index (κ3) is 2.73. The van der Waals surface area contributed by atoms with Crippen LogP contribution >= 0.6 is 0 Å². The van der Waals surface area contributed by atoms with E-state index in [1.54, 1.807) is 6.20 Å². The molecule has 6 heteroatoms. The van der Waals surface area contributed by atoms with Crippen molar-refractivity contribution in [1.29, 1.82) is 0 Å². The van der Waals surface area contributed by atoms with Gasteiger partial charge in [-0.15, -0.1) is 17.7 Å². The number of hydrogen-bond acceptors (Lipinski definition) is 2. The Hall–Kier alpha value is -2.37. The summed E-state index contributed by atoms with van der Waals surface area (Å²) in [6.07, 6.45) is 4.83. The van der Waals surface area contributed by atoms with Crippen LogP contribution in [0.15, 0.2) is 54.7 Å². The molecule has 1 radical (unpaired) electrons. The monoisotopic (exact) mass is 441 g/mol. The second kappa shape index (κ2) is 7.23. The summed E-state index contributed by atoms with van der Waals surface area (Å²) in [5.41, 5.74) is 6.14. The van der Waals surface area contributed by atoms with E-state index in [1.807, 2.05) is 36.4 Å². The fraction of sp³-hybridized carbons (Fsp3) is 0.136. The second-order valence-electron chi connectivity index (χ2n) is 6.67. The molecule has 3 heterocycles. The first-order valence-electron chi connectivity index (χ1n) is 8.86. The average Bonchev–Trinajstić information content (AvgIpc) is 3.18. The van der Waals surface area contributed by atoms with Crippen molar-refractivity contribution in [2.45, 2.75) is 13.8 Å². The van der Waals surface area contributed by atoms with Gasteiger partial charge in [-0.3, -0.25) is 0 Å². The molecule has 5 aromatic rings. The van der Waals surface area contributed by atoms with Crippen LogP contribution in [0.4, 0.5) is 0 Å². The van der Waals surface area contributed by atoms with Gasteiger partial charge in [0.1, 0.15) is 12.6 Å². The molecule has 0 amide bonds. The van der Waals surface area contributed by atoms with E-state index in [0.717, 1.165) is 45.0 Å². The molecule has 3 aromatic heterocycles. The quantitative estimate of drug-likeness (QED) is 0.311. The largest absolute Gasteiger partial charge is 0.371 e. The standard InChI is InChI=1S/C22H18N5.Y/c1-15-8-6-10-18(17-9-7-13-23-14-17)21(15)27-22-24-19-11-4-5-12-20(19)26(22)16(2)25(27)3;/h4-9,11-13H,1-3H3;/q-1;. The molecule has 0 spiro atoms. The number of aromatic nitrogens is 5. The van der Waals surface area contributed by atoms with Crippen molar-refractivity contribution in [2.75, 3.05) is 0 Å². The Morgan fingerprint density at radius 2 is 1.86 bits per heavy atom. The van der Waals surface area contributed by atoms with Gasteiger partial charge in [0.2, 0.25) is 0 Å². The van der Waals surface area contributed by atoms with E-state index in [9.17, 15) is 0 Å². The predicted molar refractivity (Wildman–Crippen MR) is 104 cm³/mol. The molecule has 28 heavy (non-hydrogen) atoms. The first-order valence-corrected chi connectivity index (χ1v) is 8.86. The molecular formula is C22H18N5Y-. The van der Waals surface area contributed by atoms with Gasteiger partial charge in [-0.1, -0.05) is 31.5 Å². The molecule has 0 aliphatic heterocycles. The minimum Gasteiger partial charge on any atom is -0.371 e. The van der Waals surface area contributed by atoms with E-state index >= 15 is 0 Å². The molecule has 0 saturated carbocycles. The van der Waals surface area contributed by atoms with Gasteiger partial charge >= 0.3 is 5.78 Å². The third-order valence-electron chi connectivity index (χ3n) is 5.09. The summed E-state index contributed by atoms with van der Waals surface area (Å²) < 4.78 is 6.47. The molecule has 0 aliphatic carbocycles. The van der Waals surface area contributed by atoms with Gasteiger partial charge in [-0.25, -0.2) is 5.56 Å². The van der Waals surface area contributed by atoms with Crippen LogP contribution in [-0.2, 0) is 39.8 Å². The van der Waals surface area contributed by atoms with Crippen molar-refractivity contribution < 1.29 is 37.4 Å². The topological polar surface area (TPSA) is 39.0 Å². The number of aryl methyl sites for hydroxylation is 2. The van der Waals surface area contributed by atoms with Crippen LogP contribution in [0.25, 0.3) is 33.6 Å². The number of imidazole rings is 1. The summed E-state index contributed by atoms with van der Waals surface area (Å²) in [4.78, 5) is 9.08. The molecule has 2 aromatic carbocycles. The maximum absolute atomic E-state index is 4.91. The van der Waals surface area contributed by atoms with Gasteiger partial charge in [0.15, 0.2) is 5.52 Å². The SMILES string of the molecule is Cc1cc[c-]c(-c2[c-]nccc2)c1-n1c2nc3ccccc3n2c(C)[n+]1C.[Y]. The van der Waals surface area contributed by atoms with Crippen molar-refractivity contribution >= 4 is 16.8 Å². The molecule has 5 rings (SSSR count). The van der Waals surface area contributed by atoms with Crippen LogP contribution < -0.4 is 4.68 Å². The molecule has 135 valence electrons. The summed E-state index contributed by atoms with van der Waals surface area (Å²) in [5, 5.41) is 0. The molecule has 0 aliphatic rings. The Kier molecular flexibility index (Phi) is 4.90. The van der Waals surface area contributed by atoms with Crippen LogP contribution in [0, 0.1) is 26.1 Å². The van der Waals surface area contributed by atoms with E-state index in [2.05, 4.69) is 64.0 Å². The molecule has 0 bridgehead atoms. The van der Waals surface area contributed by atoms with E-state index in [0.29, 0.717) is 0 Å². The number of hydrogen-bond donors (Lipinski definition) is 0. The van der Waals surface area contributed by atoms with Crippen LogP contribution in [0.3, 0.4) is 0 Å². The average molecular weight is 441 g/mol. The first kappa shape index (κ1) is 19.0. The van der Waals surface area contributed by atoms with E-state index in [4.69, 9.17) is 4.98 Å². The smallest absolute Gasteiger partial charge is 0.334 e. The molecule has 5 nitrogen and oxygen atoms in total. The van der Waals surface area contributed by atoms with Crippen molar-refractivity contribution in [3.8, 4) is 16.8 Å². The molecule has 0 fully saturated rings. The summed E-state index contributed by atoms with van der Waals surface area (Å²) >= 11 is 0. The molecular weight excluding hydrogens is 423 g/mol. The normalized spacial score (nSPS) is 11.1. The van der Waals surface area contributed by atoms with Gasteiger partial charge in [0, 0.05) is 39.6 Å². The van der Waals surface area contributed by atoms with E-state index < -0.39 is 0 Å². The minimum atomic E-state index is 0. The Balaban J connectivity index is 0.00000192. The third-order valence-corrected chi connectivity index (χ3v) is 5.09. The van der Waals surface area contributed by atoms with Crippen molar-refractivity contribution in [2.24, 2.45) is 7.05 Å². The maximum atomic E-state index is 4.91. The second-order valence-corrected chi connectivity index (χ2v) is 6.67. The number of nitrogens with zero attached hydrogens (tertiary/aromatic N) is 5. The zero-order valence-electron chi connectivity index (χ0n) is 16.0. The Morgan fingerprint density at radius 3 is 2.64 bits per heavy atom. The summed E-state index contributed by atoms with van der Waals surface area (Å²) in [6.45, 7) is 4.22. The maximum Gasteiger partial charge on any atom is 0.334 e. The number of rotatable bonds is 2. The van der Waals surface area contributed by atoms with Crippen LogP contribution in [0.1, 0.15) is 11.4 Å². The molecule has 0 saturated heterocycles.